The first kappa shape index (κ1) is 16.7. The van der Waals surface area contributed by atoms with Crippen LogP contribution in [0.15, 0.2) is 39.1 Å². The maximum atomic E-state index is 13.1. The minimum Gasteiger partial charge on any atom is -0.268 e. The van der Waals surface area contributed by atoms with Gasteiger partial charge in [-0.3, -0.25) is 9.36 Å². The lowest BCUT2D eigenvalue weighted by Gasteiger charge is -2.16. The van der Waals surface area contributed by atoms with E-state index in [0.29, 0.717) is 10.5 Å². The van der Waals surface area contributed by atoms with E-state index < -0.39 is 0 Å². The Balaban J connectivity index is 2.17. The number of thioether (sulfide) groups is 2. The first-order valence-corrected chi connectivity index (χ1v) is 9.81. The highest BCUT2D eigenvalue weighted by Gasteiger charge is 2.27. The fourth-order valence-corrected chi connectivity index (χ4v) is 4.65. The predicted octanol–water partition coefficient (Wildman–Crippen LogP) is 4.47. The van der Waals surface area contributed by atoms with Gasteiger partial charge in [0.15, 0.2) is 5.16 Å². The summed E-state index contributed by atoms with van der Waals surface area (Å²) in [6.07, 6.45) is 1.94. The quantitative estimate of drug-likeness (QED) is 0.604. The Morgan fingerprint density at radius 1 is 1.39 bits per heavy atom. The van der Waals surface area contributed by atoms with E-state index in [4.69, 9.17) is 4.98 Å². The maximum absolute atomic E-state index is 13.1. The number of fused-ring (bicyclic) bond motifs is 1. The Morgan fingerprint density at radius 3 is 2.74 bits per heavy atom. The third-order valence-corrected chi connectivity index (χ3v) is 6.49. The van der Waals surface area contributed by atoms with E-state index in [-0.39, 0.29) is 5.56 Å². The van der Waals surface area contributed by atoms with E-state index >= 15 is 0 Å². The summed E-state index contributed by atoms with van der Waals surface area (Å²) in [5, 5.41) is 1.69. The molecule has 2 atom stereocenters. The lowest BCUT2D eigenvalue weighted by atomic mass is 10.2. The highest BCUT2D eigenvalue weighted by Crippen LogP contribution is 2.35. The van der Waals surface area contributed by atoms with Crippen LogP contribution in [-0.2, 0) is 6.42 Å². The second-order valence-electron chi connectivity index (χ2n) is 6.12. The van der Waals surface area contributed by atoms with Crippen LogP contribution in [0.5, 0.6) is 0 Å². The van der Waals surface area contributed by atoms with Gasteiger partial charge in [-0.2, -0.15) is 0 Å². The van der Waals surface area contributed by atoms with E-state index in [2.05, 4.69) is 27.7 Å². The number of hydrogen-bond acceptors (Lipinski definition) is 4. The summed E-state index contributed by atoms with van der Waals surface area (Å²) in [6, 6.07) is 8.11. The predicted molar refractivity (Wildman–Crippen MR) is 99.2 cm³/mol. The Labute approximate surface area is 145 Å². The number of nitrogens with zero attached hydrogens (tertiary/aromatic N) is 2. The Bertz CT molecular complexity index is 768. The largest absolute Gasteiger partial charge is 0.272 e. The summed E-state index contributed by atoms with van der Waals surface area (Å²) in [5.41, 5.74) is 3.15. The van der Waals surface area contributed by atoms with Gasteiger partial charge < -0.3 is 0 Å². The van der Waals surface area contributed by atoms with Gasteiger partial charge in [-0.25, -0.2) is 4.98 Å². The van der Waals surface area contributed by atoms with Crippen LogP contribution in [0.1, 0.15) is 38.4 Å². The second-order valence-corrected chi connectivity index (χ2v) is 8.97. The zero-order valence-corrected chi connectivity index (χ0v) is 15.6. The number of benzene rings is 1. The van der Waals surface area contributed by atoms with Gasteiger partial charge in [-0.1, -0.05) is 50.2 Å². The van der Waals surface area contributed by atoms with Crippen molar-refractivity contribution in [3.05, 3.63) is 45.9 Å². The molecule has 23 heavy (non-hydrogen) atoms. The molecule has 1 aromatic carbocycles. The van der Waals surface area contributed by atoms with Gasteiger partial charge in [0.05, 0.1) is 16.3 Å². The molecule has 0 spiro atoms. The number of rotatable bonds is 4. The molecule has 2 aromatic rings. The van der Waals surface area contributed by atoms with Crippen LogP contribution in [-0.4, -0.2) is 20.1 Å². The summed E-state index contributed by atoms with van der Waals surface area (Å²) in [7, 11) is 0. The van der Waals surface area contributed by atoms with Crippen molar-refractivity contribution < 1.29 is 0 Å². The molecule has 0 fully saturated rings. The van der Waals surface area contributed by atoms with Crippen molar-refractivity contribution in [1.82, 2.24) is 9.55 Å². The SMILES string of the molecule is CC[C@@H](C)Sc1nc2c(c(=O)n1-c1ccc(C)cc1)S[C@@H](C)C2. The standard InChI is InChI=1S/C18H22N2OS2/c1-5-12(3)23-18-19-15-10-13(4)22-16(15)17(21)20(18)14-8-6-11(2)7-9-14/h6-9,12-13H,5,10H2,1-4H3/t12-,13+/m1/s1. The second kappa shape index (κ2) is 6.73. The molecule has 3 nitrogen and oxygen atoms in total. The van der Waals surface area contributed by atoms with Crippen LogP contribution >= 0.6 is 23.5 Å². The van der Waals surface area contributed by atoms with Crippen molar-refractivity contribution in [3.63, 3.8) is 0 Å². The average Bonchev–Trinajstić information content (AvgIpc) is 2.89. The zero-order chi connectivity index (χ0) is 16.6. The van der Waals surface area contributed by atoms with Crippen molar-refractivity contribution in [1.29, 1.82) is 0 Å². The van der Waals surface area contributed by atoms with Crippen molar-refractivity contribution in [2.24, 2.45) is 0 Å². The smallest absolute Gasteiger partial charge is 0.268 e. The molecule has 1 aliphatic rings. The van der Waals surface area contributed by atoms with Gasteiger partial charge in [0, 0.05) is 16.9 Å². The molecular weight excluding hydrogens is 324 g/mol. The molecule has 0 amide bonds. The van der Waals surface area contributed by atoms with Crippen LogP contribution < -0.4 is 5.56 Å². The van der Waals surface area contributed by atoms with Crippen LogP contribution in [0.25, 0.3) is 5.69 Å². The molecule has 0 unspecified atom stereocenters. The van der Waals surface area contributed by atoms with Gasteiger partial charge in [-0.15, -0.1) is 11.8 Å². The highest BCUT2D eigenvalue weighted by atomic mass is 32.2. The van der Waals surface area contributed by atoms with E-state index in [9.17, 15) is 4.79 Å². The molecule has 0 saturated heterocycles. The molecule has 1 aromatic heterocycles. The average molecular weight is 347 g/mol. The van der Waals surface area contributed by atoms with Gasteiger partial charge in [-0.05, 0) is 25.5 Å². The fourth-order valence-electron chi connectivity index (χ4n) is 2.56. The van der Waals surface area contributed by atoms with Crippen molar-refractivity contribution >= 4 is 23.5 Å². The van der Waals surface area contributed by atoms with Crippen molar-refractivity contribution in [3.8, 4) is 5.69 Å². The Morgan fingerprint density at radius 2 is 2.09 bits per heavy atom. The lowest BCUT2D eigenvalue weighted by molar-refractivity contribution is 0.726. The van der Waals surface area contributed by atoms with Crippen LogP contribution in [0.4, 0.5) is 0 Å². The maximum Gasteiger partial charge on any atom is 0.272 e. The summed E-state index contributed by atoms with van der Waals surface area (Å²) < 4.78 is 1.79. The first-order chi connectivity index (χ1) is 11.0. The number of aromatic nitrogens is 2. The molecular formula is C18H22N2OS2. The van der Waals surface area contributed by atoms with Crippen molar-refractivity contribution in [2.75, 3.05) is 0 Å². The zero-order valence-electron chi connectivity index (χ0n) is 14.0. The van der Waals surface area contributed by atoms with E-state index in [0.717, 1.165) is 34.3 Å². The molecule has 0 N–H and O–H groups in total. The topological polar surface area (TPSA) is 34.9 Å². The van der Waals surface area contributed by atoms with E-state index in [1.807, 2.05) is 24.3 Å². The van der Waals surface area contributed by atoms with Gasteiger partial charge in [0.2, 0.25) is 0 Å². The molecule has 0 saturated carbocycles. The van der Waals surface area contributed by atoms with E-state index in [1.165, 1.54) is 5.56 Å². The molecule has 0 radical (unpaired) electrons. The number of hydrogen-bond donors (Lipinski definition) is 0. The molecule has 122 valence electrons. The third kappa shape index (κ3) is 3.36. The number of aryl methyl sites for hydroxylation is 1. The van der Waals surface area contributed by atoms with Crippen LogP contribution in [0.2, 0.25) is 0 Å². The highest BCUT2D eigenvalue weighted by molar-refractivity contribution is 8.00. The van der Waals surface area contributed by atoms with E-state index in [1.54, 1.807) is 28.1 Å². The fraction of sp³-hybridized carbons (Fsp3) is 0.444. The lowest BCUT2D eigenvalue weighted by Crippen LogP contribution is -2.24. The summed E-state index contributed by atoms with van der Waals surface area (Å²) >= 11 is 3.35. The Hall–Kier alpha value is -1.20. The summed E-state index contributed by atoms with van der Waals surface area (Å²) in [6.45, 7) is 8.56. The van der Waals surface area contributed by atoms with Crippen LogP contribution in [0.3, 0.4) is 0 Å². The molecule has 0 aliphatic carbocycles. The molecule has 1 aliphatic heterocycles. The van der Waals surface area contributed by atoms with Gasteiger partial charge in [0.1, 0.15) is 0 Å². The van der Waals surface area contributed by atoms with Crippen LogP contribution in [0, 0.1) is 6.92 Å². The molecule has 5 heteroatoms. The molecule has 3 rings (SSSR count). The van der Waals surface area contributed by atoms with Gasteiger partial charge in [0.25, 0.3) is 5.56 Å². The monoisotopic (exact) mass is 346 g/mol. The minimum atomic E-state index is 0.0824. The van der Waals surface area contributed by atoms with Gasteiger partial charge >= 0.3 is 0 Å². The molecule has 0 bridgehead atoms. The molecule has 2 heterocycles. The Kier molecular flexibility index (Phi) is 4.87. The summed E-state index contributed by atoms with van der Waals surface area (Å²) in [5.74, 6) is 0. The first-order valence-electron chi connectivity index (χ1n) is 8.06. The van der Waals surface area contributed by atoms with Crippen molar-refractivity contribution in [2.45, 2.75) is 61.1 Å². The third-order valence-electron chi connectivity index (χ3n) is 4.05. The summed E-state index contributed by atoms with van der Waals surface area (Å²) in [4.78, 5) is 18.8. The normalized spacial score (nSPS) is 18.0. The minimum absolute atomic E-state index is 0.0824.